The summed E-state index contributed by atoms with van der Waals surface area (Å²) in [6, 6.07) is 0.270. The number of nitrogens with one attached hydrogen (secondary N) is 2. The van der Waals surface area contributed by atoms with Crippen molar-refractivity contribution in [1.29, 1.82) is 0 Å². The van der Waals surface area contributed by atoms with Crippen LogP contribution in [0.4, 0.5) is 13.2 Å². The largest absolute Gasteiger partial charge is 0.391 e. The van der Waals surface area contributed by atoms with Crippen molar-refractivity contribution in [3.8, 4) is 0 Å². The predicted octanol–water partition coefficient (Wildman–Crippen LogP) is 4.09. The van der Waals surface area contributed by atoms with Crippen LogP contribution in [0, 0.1) is 11.3 Å². The van der Waals surface area contributed by atoms with Gasteiger partial charge in [-0.2, -0.15) is 13.2 Å². The second-order valence-electron chi connectivity index (χ2n) is 7.86. The zero-order valence-corrected chi connectivity index (χ0v) is 18.0. The number of rotatable bonds is 3. The Kier molecular flexibility index (Phi) is 7.46. The number of ether oxygens (including phenoxy) is 1. The van der Waals surface area contributed by atoms with E-state index in [1.54, 1.807) is 14.2 Å². The van der Waals surface area contributed by atoms with E-state index in [1.807, 2.05) is 0 Å². The number of hydrogen-bond acceptors (Lipinski definition) is 2. The maximum Gasteiger partial charge on any atom is 0.391 e. The molecule has 2 N–H and O–H groups in total. The second kappa shape index (κ2) is 8.19. The van der Waals surface area contributed by atoms with Crippen LogP contribution in [0.1, 0.15) is 52.9 Å². The minimum absolute atomic E-state index is 0. The number of aliphatic imine (C=N–C) groups is 1. The third kappa shape index (κ3) is 4.73. The van der Waals surface area contributed by atoms with Gasteiger partial charge in [0.1, 0.15) is 0 Å². The van der Waals surface area contributed by atoms with Crippen LogP contribution in [0.15, 0.2) is 4.99 Å². The van der Waals surface area contributed by atoms with E-state index in [1.165, 1.54) is 0 Å². The van der Waals surface area contributed by atoms with Gasteiger partial charge in [-0.05, 0) is 39.0 Å². The molecule has 0 aromatic rings. The summed E-state index contributed by atoms with van der Waals surface area (Å²) in [7, 11) is 3.42. The van der Waals surface area contributed by atoms with Gasteiger partial charge in [0.2, 0.25) is 0 Å². The maximum absolute atomic E-state index is 12.7. The summed E-state index contributed by atoms with van der Waals surface area (Å²) < 4.78 is 43.9. The quantitative estimate of drug-likeness (QED) is 0.366. The van der Waals surface area contributed by atoms with E-state index >= 15 is 0 Å². The predicted molar refractivity (Wildman–Crippen MR) is 104 cm³/mol. The van der Waals surface area contributed by atoms with E-state index in [0.29, 0.717) is 18.8 Å². The van der Waals surface area contributed by atoms with Gasteiger partial charge in [-0.15, -0.1) is 24.0 Å². The smallest absolute Gasteiger partial charge is 0.378 e. The molecule has 2 atom stereocenters. The molecule has 2 rings (SSSR count). The SMILES string of the molecule is CN=C(NC1CCC(C(F)(F)F)CC1)NC1CC(C)(OC)C1(C)C.I. The topological polar surface area (TPSA) is 45.7 Å². The number of alkyl halides is 3. The molecule has 2 aliphatic rings. The van der Waals surface area contributed by atoms with Crippen molar-refractivity contribution in [2.75, 3.05) is 14.2 Å². The third-order valence-electron chi connectivity index (χ3n) is 6.34. The van der Waals surface area contributed by atoms with Crippen molar-refractivity contribution in [2.24, 2.45) is 16.3 Å². The molecule has 2 saturated carbocycles. The highest BCUT2D eigenvalue weighted by Crippen LogP contribution is 2.51. The molecule has 0 aromatic heterocycles. The summed E-state index contributed by atoms with van der Waals surface area (Å²) >= 11 is 0. The van der Waals surface area contributed by atoms with Crippen LogP contribution in [0.5, 0.6) is 0 Å². The zero-order chi connectivity index (χ0) is 18.2. The summed E-state index contributed by atoms with van der Waals surface area (Å²) in [5.74, 6) is -0.486. The lowest BCUT2D eigenvalue weighted by molar-refractivity contribution is -0.182. The minimum Gasteiger partial charge on any atom is -0.378 e. The first-order chi connectivity index (χ1) is 11.0. The molecule has 2 unspecified atom stereocenters. The van der Waals surface area contributed by atoms with Crippen molar-refractivity contribution in [3.05, 3.63) is 0 Å². The van der Waals surface area contributed by atoms with Gasteiger partial charge in [0.05, 0.1) is 11.5 Å². The summed E-state index contributed by atoms with van der Waals surface area (Å²) in [5.41, 5.74) is -0.221. The highest BCUT2D eigenvalue weighted by Gasteiger charge is 2.58. The Bertz CT molecular complexity index is 476. The van der Waals surface area contributed by atoms with Crippen molar-refractivity contribution >= 4 is 29.9 Å². The first-order valence-electron chi connectivity index (χ1n) is 8.65. The summed E-state index contributed by atoms with van der Waals surface area (Å²) in [6.45, 7) is 6.40. The van der Waals surface area contributed by atoms with Gasteiger partial charge in [0.25, 0.3) is 0 Å². The van der Waals surface area contributed by atoms with Gasteiger partial charge >= 0.3 is 6.18 Å². The third-order valence-corrected chi connectivity index (χ3v) is 6.34. The van der Waals surface area contributed by atoms with Gasteiger partial charge in [-0.25, -0.2) is 0 Å². The molecule has 0 aromatic carbocycles. The average molecular weight is 477 g/mol. The van der Waals surface area contributed by atoms with E-state index in [-0.39, 0.29) is 59.9 Å². The Morgan fingerprint density at radius 2 is 1.64 bits per heavy atom. The molecule has 0 amide bonds. The van der Waals surface area contributed by atoms with E-state index in [9.17, 15) is 13.2 Å². The van der Waals surface area contributed by atoms with Crippen LogP contribution >= 0.6 is 24.0 Å². The van der Waals surface area contributed by atoms with Gasteiger partial charge < -0.3 is 15.4 Å². The van der Waals surface area contributed by atoms with Crippen molar-refractivity contribution in [1.82, 2.24) is 10.6 Å². The number of guanidine groups is 1. The fourth-order valence-electron chi connectivity index (χ4n) is 3.82. The molecule has 8 heteroatoms. The summed E-state index contributed by atoms with van der Waals surface area (Å²) in [5, 5.41) is 6.70. The molecule has 0 radical (unpaired) electrons. The Morgan fingerprint density at radius 3 is 2.04 bits per heavy atom. The molecule has 148 valence electrons. The zero-order valence-electron chi connectivity index (χ0n) is 15.7. The Labute approximate surface area is 165 Å². The lowest BCUT2D eigenvalue weighted by Crippen LogP contribution is -2.69. The molecule has 2 aliphatic carbocycles. The number of halogens is 4. The molecule has 25 heavy (non-hydrogen) atoms. The van der Waals surface area contributed by atoms with Crippen LogP contribution in [0.25, 0.3) is 0 Å². The number of methoxy groups -OCH3 is 1. The Balaban J connectivity index is 0.00000312. The van der Waals surface area contributed by atoms with Gasteiger partial charge in [0, 0.05) is 31.7 Å². The normalized spacial score (nSPS) is 35.4. The van der Waals surface area contributed by atoms with Crippen LogP contribution in [0.2, 0.25) is 0 Å². The molecule has 4 nitrogen and oxygen atoms in total. The molecular weight excluding hydrogens is 446 g/mol. The van der Waals surface area contributed by atoms with Crippen molar-refractivity contribution in [2.45, 2.75) is 76.7 Å². The van der Waals surface area contributed by atoms with Crippen molar-refractivity contribution in [3.63, 3.8) is 0 Å². The van der Waals surface area contributed by atoms with E-state index in [4.69, 9.17) is 4.74 Å². The monoisotopic (exact) mass is 477 g/mol. The average Bonchev–Trinajstić information content (AvgIpc) is 2.52. The van der Waals surface area contributed by atoms with Gasteiger partial charge in [-0.1, -0.05) is 13.8 Å². The lowest BCUT2D eigenvalue weighted by atomic mass is 9.56. The highest BCUT2D eigenvalue weighted by atomic mass is 127. The number of nitrogens with zero attached hydrogens (tertiary/aromatic N) is 1. The number of hydrogen-bond donors (Lipinski definition) is 2. The standard InChI is InChI=1S/C17H30F3N3O.HI/c1-15(2)13(10-16(15,3)24-5)23-14(21-4)22-12-8-6-11(7-9-12)17(18,19)20;/h11-13H,6-10H2,1-5H3,(H2,21,22,23);1H. The lowest BCUT2D eigenvalue weighted by Gasteiger charge is -2.59. The van der Waals surface area contributed by atoms with Gasteiger partial charge in [-0.3, -0.25) is 4.99 Å². The Morgan fingerprint density at radius 1 is 1.08 bits per heavy atom. The van der Waals surface area contributed by atoms with Crippen LogP contribution in [0.3, 0.4) is 0 Å². The summed E-state index contributed by atoms with van der Waals surface area (Å²) in [4.78, 5) is 4.24. The van der Waals surface area contributed by atoms with Crippen LogP contribution < -0.4 is 10.6 Å². The molecule has 0 saturated heterocycles. The second-order valence-corrected chi connectivity index (χ2v) is 7.86. The molecule has 0 bridgehead atoms. The molecule has 0 spiro atoms. The maximum atomic E-state index is 12.7. The van der Waals surface area contributed by atoms with Crippen molar-refractivity contribution < 1.29 is 17.9 Å². The van der Waals surface area contributed by atoms with Crippen LogP contribution in [-0.4, -0.2) is 44.0 Å². The fraction of sp³-hybridized carbons (Fsp3) is 0.941. The van der Waals surface area contributed by atoms with E-state index < -0.39 is 12.1 Å². The molecule has 0 heterocycles. The van der Waals surface area contributed by atoms with E-state index in [0.717, 1.165) is 6.42 Å². The van der Waals surface area contributed by atoms with Crippen LogP contribution in [-0.2, 0) is 4.74 Å². The van der Waals surface area contributed by atoms with E-state index in [2.05, 4.69) is 36.4 Å². The Hall–Kier alpha value is -0.250. The first kappa shape index (κ1) is 22.8. The molecular formula is C17H31F3IN3O. The highest BCUT2D eigenvalue weighted by molar-refractivity contribution is 14.0. The van der Waals surface area contributed by atoms with Gasteiger partial charge in [0.15, 0.2) is 5.96 Å². The molecule has 2 fully saturated rings. The molecule has 0 aliphatic heterocycles. The summed E-state index contributed by atoms with van der Waals surface area (Å²) in [6.07, 6.45) is -1.77. The first-order valence-corrected chi connectivity index (χ1v) is 8.65. The fourth-order valence-corrected chi connectivity index (χ4v) is 3.82. The minimum atomic E-state index is -4.06.